The third-order valence-corrected chi connectivity index (χ3v) is 2.97. The van der Waals surface area contributed by atoms with Crippen molar-refractivity contribution in [2.45, 2.75) is 24.6 Å². The third kappa shape index (κ3) is 3.62. The summed E-state index contributed by atoms with van der Waals surface area (Å²) in [5, 5.41) is 11.3. The second-order valence-electron chi connectivity index (χ2n) is 3.18. The first-order valence-corrected chi connectivity index (χ1v) is 6.83. The van der Waals surface area contributed by atoms with Gasteiger partial charge >= 0.3 is 6.72 Å². The van der Waals surface area contributed by atoms with Crippen LogP contribution in [0, 0.1) is 0 Å². The molecule has 5 nitrogen and oxygen atoms in total. The van der Waals surface area contributed by atoms with Gasteiger partial charge in [-0.3, -0.25) is 4.57 Å². The van der Waals surface area contributed by atoms with Crippen molar-refractivity contribution in [2.75, 3.05) is 6.61 Å². The molecule has 8 heteroatoms. The van der Waals surface area contributed by atoms with Crippen LogP contribution in [0.3, 0.4) is 0 Å². The molecule has 1 aliphatic heterocycles. The summed E-state index contributed by atoms with van der Waals surface area (Å²) in [7, 11) is 1.85. The second-order valence-corrected chi connectivity index (χ2v) is 6.16. The molecule has 4 atom stereocenters. The normalized spacial score (nSPS) is 38.8. The van der Waals surface area contributed by atoms with Gasteiger partial charge in [0.2, 0.25) is 0 Å². The highest BCUT2D eigenvalue weighted by atomic mass is 32.7. The van der Waals surface area contributed by atoms with E-state index in [2.05, 4.69) is 17.3 Å². The molecule has 0 bridgehead atoms. The molecular weight excluding hydrogens is 212 g/mol. The number of hydrogen-bond donors (Lipinski definition) is 4. The van der Waals surface area contributed by atoms with Crippen molar-refractivity contribution in [1.29, 1.82) is 0 Å². The van der Waals surface area contributed by atoms with Gasteiger partial charge < -0.3 is 14.7 Å². The Hall–Kier alpha value is 0.485. The summed E-state index contributed by atoms with van der Waals surface area (Å²) in [6, 6.07) is -0.303. The fraction of sp³-hybridized carbons (Fsp3) is 1.00. The lowest BCUT2D eigenvalue weighted by Crippen LogP contribution is -2.35. The molecule has 0 aromatic rings. The molecule has 0 radical (unpaired) electrons. The molecule has 0 spiro atoms. The van der Waals surface area contributed by atoms with Gasteiger partial charge in [-0.2, -0.15) is 0 Å². The Morgan fingerprint density at radius 3 is 2.85 bits per heavy atom. The molecule has 76 valence electrons. The SMILES string of the molecule is B[C@H]1C[C@@H](NP(=O)(O)S)[C@@H](CO)O1. The maximum absolute atomic E-state index is 10.9. The molecular formula is C5H13BNO4PS. The van der Waals surface area contributed by atoms with Crippen LogP contribution in [0.4, 0.5) is 0 Å². The van der Waals surface area contributed by atoms with Crippen molar-refractivity contribution >= 4 is 26.8 Å². The highest BCUT2D eigenvalue weighted by molar-refractivity contribution is 8.45. The Bertz CT molecular complexity index is 225. The molecule has 1 unspecified atom stereocenters. The van der Waals surface area contributed by atoms with E-state index in [1.54, 1.807) is 0 Å². The molecule has 1 saturated heterocycles. The summed E-state index contributed by atoms with van der Waals surface area (Å²) in [5.74, 6) is 0. The van der Waals surface area contributed by atoms with Gasteiger partial charge in [-0.1, -0.05) is 12.2 Å². The summed E-state index contributed by atoms with van der Waals surface area (Å²) < 4.78 is 16.2. The van der Waals surface area contributed by atoms with Gasteiger partial charge in [0, 0.05) is 12.0 Å². The molecule has 0 amide bonds. The van der Waals surface area contributed by atoms with E-state index in [1.807, 2.05) is 7.85 Å². The zero-order valence-electron chi connectivity index (χ0n) is 7.25. The van der Waals surface area contributed by atoms with E-state index < -0.39 is 12.8 Å². The topological polar surface area (TPSA) is 78.8 Å². The van der Waals surface area contributed by atoms with Gasteiger partial charge in [0.25, 0.3) is 0 Å². The van der Waals surface area contributed by atoms with Crippen molar-refractivity contribution in [2.24, 2.45) is 0 Å². The van der Waals surface area contributed by atoms with Crippen LogP contribution in [-0.2, 0) is 9.30 Å². The quantitative estimate of drug-likeness (QED) is 0.273. The number of aliphatic hydroxyl groups is 1. The number of nitrogens with one attached hydrogen (secondary N) is 1. The van der Waals surface area contributed by atoms with Gasteiger partial charge in [0.1, 0.15) is 7.85 Å². The number of aliphatic hydroxyl groups excluding tert-OH is 1. The Morgan fingerprint density at radius 2 is 2.38 bits per heavy atom. The van der Waals surface area contributed by atoms with E-state index >= 15 is 0 Å². The highest BCUT2D eigenvalue weighted by Crippen LogP contribution is 2.42. The van der Waals surface area contributed by atoms with E-state index in [-0.39, 0.29) is 18.7 Å². The maximum atomic E-state index is 10.9. The average Bonchev–Trinajstić information content (AvgIpc) is 2.27. The predicted octanol–water partition coefficient (Wildman–Crippen LogP) is -1.28. The molecule has 13 heavy (non-hydrogen) atoms. The second kappa shape index (κ2) is 4.34. The molecule has 0 aromatic heterocycles. The van der Waals surface area contributed by atoms with Crippen LogP contribution in [0.1, 0.15) is 6.42 Å². The first-order chi connectivity index (χ1) is 5.92. The third-order valence-electron chi connectivity index (χ3n) is 1.96. The zero-order valence-corrected chi connectivity index (χ0v) is 9.04. The molecule has 3 N–H and O–H groups in total. The monoisotopic (exact) mass is 225 g/mol. The minimum atomic E-state index is -3.54. The number of rotatable bonds is 3. The van der Waals surface area contributed by atoms with Gasteiger partial charge in [0.05, 0.1) is 12.7 Å². The smallest absolute Gasteiger partial charge is 0.321 e. The fourth-order valence-corrected chi connectivity index (χ4v) is 2.63. The Kier molecular flexibility index (Phi) is 3.86. The van der Waals surface area contributed by atoms with Crippen molar-refractivity contribution in [3.63, 3.8) is 0 Å². The van der Waals surface area contributed by atoms with E-state index in [0.29, 0.717) is 6.42 Å². The number of thiol groups is 1. The minimum absolute atomic E-state index is 0.00506. The van der Waals surface area contributed by atoms with Crippen molar-refractivity contribution in [3.8, 4) is 0 Å². The van der Waals surface area contributed by atoms with E-state index in [4.69, 9.17) is 14.7 Å². The van der Waals surface area contributed by atoms with Crippen molar-refractivity contribution in [3.05, 3.63) is 0 Å². The van der Waals surface area contributed by atoms with E-state index in [9.17, 15) is 4.57 Å². The van der Waals surface area contributed by atoms with E-state index in [0.717, 1.165) is 0 Å². The zero-order chi connectivity index (χ0) is 10.1. The van der Waals surface area contributed by atoms with Crippen LogP contribution in [-0.4, -0.2) is 42.6 Å². The summed E-state index contributed by atoms with van der Waals surface area (Å²) in [6.07, 6.45) is 0.193. The maximum Gasteiger partial charge on any atom is 0.321 e. The van der Waals surface area contributed by atoms with Crippen LogP contribution < -0.4 is 5.09 Å². The lowest BCUT2D eigenvalue weighted by atomic mass is 9.95. The lowest BCUT2D eigenvalue weighted by Gasteiger charge is -2.18. The van der Waals surface area contributed by atoms with Crippen molar-refractivity contribution in [1.82, 2.24) is 5.09 Å². The largest absolute Gasteiger partial charge is 0.394 e. The van der Waals surface area contributed by atoms with Crippen molar-refractivity contribution < 1.29 is 19.3 Å². The van der Waals surface area contributed by atoms with Crippen LogP contribution >= 0.6 is 19.0 Å². The average molecular weight is 225 g/mol. The molecule has 1 aliphatic rings. The standard InChI is InChI=1S/C5H13BNO4PS/c6-5-1-3(4(2-8)11-5)7-12(9,10)13/h3-5,8H,1-2,6H2,(H3,7,9,10,13)/t3-,4-,5-/m1/s1. The molecule has 0 saturated carbocycles. The number of ether oxygens (including phenoxy) is 1. The molecule has 1 heterocycles. The van der Waals surface area contributed by atoms with Crippen LogP contribution in [0.15, 0.2) is 0 Å². The van der Waals surface area contributed by atoms with Gasteiger partial charge in [-0.15, -0.1) is 0 Å². The van der Waals surface area contributed by atoms with E-state index in [1.165, 1.54) is 0 Å². The summed E-state index contributed by atoms with van der Waals surface area (Å²) in [4.78, 5) is 8.95. The highest BCUT2D eigenvalue weighted by Gasteiger charge is 2.35. The van der Waals surface area contributed by atoms with Gasteiger partial charge in [-0.25, -0.2) is 5.09 Å². The molecule has 1 fully saturated rings. The summed E-state index contributed by atoms with van der Waals surface area (Å²) >= 11 is 3.50. The van der Waals surface area contributed by atoms with Crippen LogP contribution in [0.2, 0.25) is 0 Å². The summed E-state index contributed by atoms with van der Waals surface area (Å²) in [6.45, 7) is -3.70. The fourth-order valence-electron chi connectivity index (χ4n) is 1.48. The first-order valence-electron chi connectivity index (χ1n) is 4.02. The number of hydrogen-bond acceptors (Lipinski definition) is 3. The molecule has 1 rings (SSSR count). The predicted molar refractivity (Wildman–Crippen MR) is 54.6 cm³/mol. The van der Waals surface area contributed by atoms with Crippen LogP contribution in [0.25, 0.3) is 0 Å². The van der Waals surface area contributed by atoms with Gasteiger partial charge in [-0.05, 0) is 6.42 Å². The minimum Gasteiger partial charge on any atom is -0.394 e. The van der Waals surface area contributed by atoms with Gasteiger partial charge in [0.15, 0.2) is 0 Å². The summed E-state index contributed by atoms with van der Waals surface area (Å²) in [5.41, 5.74) is 0. The Balaban J connectivity index is 2.54. The molecule has 0 aromatic carbocycles. The molecule has 0 aliphatic carbocycles. The lowest BCUT2D eigenvalue weighted by molar-refractivity contribution is 0.0358. The van der Waals surface area contributed by atoms with Crippen LogP contribution in [0.5, 0.6) is 0 Å². The first kappa shape index (κ1) is 11.6. The Morgan fingerprint density at radius 1 is 1.77 bits per heavy atom. The Labute approximate surface area is 82.9 Å².